The van der Waals surface area contributed by atoms with Crippen molar-refractivity contribution < 1.29 is 37.9 Å². The average Bonchev–Trinajstić information content (AvgIpc) is 3.00. The minimum Gasteiger partial charge on any atom is -0.463 e. The van der Waals surface area contributed by atoms with Crippen molar-refractivity contribution in [2.45, 2.75) is 155 Å². The predicted octanol–water partition coefficient (Wildman–Crippen LogP) is 8.48. The number of ether oxygens (including phenoxy) is 1. The second-order valence-electron chi connectivity index (χ2n) is 11.5. The second kappa shape index (κ2) is 31.5. The monoisotopic (exact) mass is 645 g/mol. The van der Waals surface area contributed by atoms with E-state index in [1.54, 1.807) is 0 Å². The van der Waals surface area contributed by atoms with Gasteiger partial charge in [0.15, 0.2) is 0 Å². The first-order chi connectivity index (χ1) is 21.3. The lowest BCUT2D eigenvalue weighted by Crippen LogP contribution is -2.27. The van der Waals surface area contributed by atoms with Crippen molar-refractivity contribution >= 4 is 19.7 Å². The van der Waals surface area contributed by atoms with Crippen LogP contribution in [0.5, 0.6) is 0 Å². The molecular weight excluding hydrogens is 581 g/mol. The van der Waals surface area contributed by atoms with Gasteiger partial charge in [-0.3, -0.25) is 18.6 Å². The fraction of sp³-hybridized carbons (Fsp3) is 0.824. The van der Waals surface area contributed by atoms with Gasteiger partial charge >= 0.3 is 13.8 Å². The van der Waals surface area contributed by atoms with Gasteiger partial charge in [0.1, 0.15) is 12.7 Å². The van der Waals surface area contributed by atoms with Gasteiger partial charge in [-0.25, -0.2) is 4.57 Å². The number of carbonyl (C=O) groups is 2. The topological polar surface area (TPSA) is 131 Å². The summed E-state index contributed by atoms with van der Waals surface area (Å²) < 4.78 is 26.6. The number of unbranched alkanes of at least 4 members (excludes halogenated alkanes) is 15. The van der Waals surface area contributed by atoms with E-state index < -0.39 is 26.5 Å². The molecule has 10 heteroatoms. The Morgan fingerprint density at radius 1 is 0.705 bits per heavy atom. The maximum Gasteiger partial charge on any atom is 0.472 e. The van der Waals surface area contributed by atoms with Crippen molar-refractivity contribution in [3.63, 3.8) is 0 Å². The smallest absolute Gasteiger partial charge is 0.463 e. The van der Waals surface area contributed by atoms with Crippen molar-refractivity contribution in [2.75, 3.05) is 26.4 Å². The molecule has 9 nitrogen and oxygen atoms in total. The third-order valence-corrected chi connectivity index (χ3v) is 8.12. The van der Waals surface area contributed by atoms with Crippen molar-refractivity contribution in [3.05, 3.63) is 24.3 Å². The summed E-state index contributed by atoms with van der Waals surface area (Å²) in [6.07, 6.45) is 29.7. The van der Waals surface area contributed by atoms with Crippen molar-refractivity contribution in [2.24, 2.45) is 0 Å². The van der Waals surface area contributed by atoms with Gasteiger partial charge in [0.05, 0.1) is 13.2 Å². The maximum absolute atomic E-state index is 12.0. The largest absolute Gasteiger partial charge is 0.472 e. The standard InChI is InChI=1S/C34H64NO8P/c1-3-5-7-9-11-13-14-15-16-17-18-19-20-22-24-26-33(37)35-28-29-42-44(39,40)43-31-32(36)30-41-34(38)27-25-23-21-12-10-8-6-4-2/h11,13,15-16,32,36H,3-10,12,14,17-31H2,1-2H3,(H,35,37)(H,39,40)/b13-11-,16-15-. The first-order valence-corrected chi connectivity index (χ1v) is 18.8. The number of aliphatic hydroxyl groups is 1. The van der Waals surface area contributed by atoms with Gasteiger partial charge in [-0.15, -0.1) is 0 Å². The van der Waals surface area contributed by atoms with Crippen LogP contribution in [0.4, 0.5) is 0 Å². The van der Waals surface area contributed by atoms with E-state index in [1.165, 1.54) is 57.8 Å². The molecule has 0 heterocycles. The number of carbonyl (C=O) groups excluding carboxylic acids is 2. The van der Waals surface area contributed by atoms with Crippen LogP contribution in [0.25, 0.3) is 0 Å². The molecule has 0 aliphatic heterocycles. The van der Waals surface area contributed by atoms with E-state index in [9.17, 15) is 24.2 Å². The molecule has 3 N–H and O–H groups in total. The van der Waals surface area contributed by atoms with Crippen LogP contribution in [0.1, 0.15) is 149 Å². The summed E-state index contributed by atoms with van der Waals surface area (Å²) in [6.45, 7) is 3.45. The fourth-order valence-electron chi connectivity index (χ4n) is 4.47. The van der Waals surface area contributed by atoms with E-state index in [-0.39, 0.29) is 32.1 Å². The third kappa shape index (κ3) is 31.9. The highest BCUT2D eigenvalue weighted by atomic mass is 31.2. The number of allylic oxidation sites excluding steroid dienone is 4. The Morgan fingerprint density at radius 3 is 1.86 bits per heavy atom. The fourth-order valence-corrected chi connectivity index (χ4v) is 5.22. The summed E-state index contributed by atoms with van der Waals surface area (Å²) in [5.74, 6) is -0.536. The minimum absolute atomic E-state index is 0.0753. The first kappa shape index (κ1) is 42.5. The summed E-state index contributed by atoms with van der Waals surface area (Å²) in [6, 6.07) is 0. The summed E-state index contributed by atoms with van der Waals surface area (Å²) in [5.41, 5.74) is 0. The Bertz CT molecular complexity index is 789. The molecule has 0 fully saturated rings. The van der Waals surface area contributed by atoms with Gasteiger partial charge in [-0.1, -0.05) is 115 Å². The number of amides is 1. The third-order valence-electron chi connectivity index (χ3n) is 7.13. The van der Waals surface area contributed by atoms with Crippen molar-refractivity contribution in [3.8, 4) is 0 Å². The molecule has 0 aromatic rings. The normalized spacial score (nSPS) is 13.8. The van der Waals surface area contributed by atoms with E-state index in [0.717, 1.165) is 64.2 Å². The zero-order chi connectivity index (χ0) is 32.6. The van der Waals surface area contributed by atoms with Gasteiger partial charge in [0, 0.05) is 19.4 Å². The average molecular weight is 646 g/mol. The number of nitrogens with one attached hydrogen (secondary N) is 1. The molecular formula is C34H64NO8P. The van der Waals surface area contributed by atoms with E-state index >= 15 is 0 Å². The molecule has 0 aromatic heterocycles. The molecule has 0 rings (SSSR count). The predicted molar refractivity (Wildman–Crippen MR) is 178 cm³/mol. The molecule has 0 radical (unpaired) electrons. The molecule has 258 valence electrons. The lowest BCUT2D eigenvalue weighted by molar-refractivity contribution is -0.147. The van der Waals surface area contributed by atoms with Crippen molar-refractivity contribution in [1.29, 1.82) is 0 Å². The van der Waals surface area contributed by atoms with Crippen LogP contribution in [0.2, 0.25) is 0 Å². The van der Waals surface area contributed by atoms with Crippen LogP contribution in [0.15, 0.2) is 24.3 Å². The van der Waals surface area contributed by atoms with Crippen LogP contribution < -0.4 is 5.32 Å². The van der Waals surface area contributed by atoms with Gasteiger partial charge in [0.25, 0.3) is 0 Å². The highest BCUT2D eigenvalue weighted by Gasteiger charge is 2.23. The molecule has 2 atom stereocenters. The summed E-state index contributed by atoms with van der Waals surface area (Å²) in [5, 5.41) is 12.6. The molecule has 44 heavy (non-hydrogen) atoms. The summed E-state index contributed by atoms with van der Waals surface area (Å²) in [7, 11) is -4.40. The van der Waals surface area contributed by atoms with Gasteiger partial charge in [-0.2, -0.15) is 0 Å². The number of phosphoric acid groups is 1. The number of phosphoric ester groups is 1. The van der Waals surface area contributed by atoms with Crippen LogP contribution in [0, 0.1) is 0 Å². The number of hydrogen-bond acceptors (Lipinski definition) is 7. The van der Waals surface area contributed by atoms with Crippen LogP contribution >= 0.6 is 7.82 Å². The molecule has 0 saturated carbocycles. The maximum atomic E-state index is 12.0. The van der Waals surface area contributed by atoms with Gasteiger partial charge < -0.3 is 20.1 Å². The molecule has 0 spiro atoms. The Hall–Kier alpha value is -1.51. The number of aliphatic hydroxyl groups excluding tert-OH is 1. The zero-order valence-electron chi connectivity index (χ0n) is 27.9. The Morgan fingerprint density at radius 2 is 1.23 bits per heavy atom. The Kier molecular flexibility index (Phi) is 30.4. The summed E-state index contributed by atoms with van der Waals surface area (Å²) in [4.78, 5) is 33.5. The Labute approximate surface area is 268 Å². The van der Waals surface area contributed by atoms with Crippen LogP contribution in [-0.2, 0) is 27.9 Å². The van der Waals surface area contributed by atoms with Gasteiger partial charge in [-0.05, 0) is 44.9 Å². The lowest BCUT2D eigenvalue weighted by atomic mass is 10.1. The van der Waals surface area contributed by atoms with Crippen LogP contribution in [-0.4, -0.2) is 54.3 Å². The van der Waals surface area contributed by atoms with Crippen molar-refractivity contribution in [1.82, 2.24) is 5.32 Å². The van der Waals surface area contributed by atoms with E-state index in [0.29, 0.717) is 6.42 Å². The van der Waals surface area contributed by atoms with Crippen LogP contribution in [0.3, 0.4) is 0 Å². The molecule has 0 aliphatic rings. The first-order valence-electron chi connectivity index (χ1n) is 17.3. The highest BCUT2D eigenvalue weighted by Crippen LogP contribution is 2.42. The number of hydrogen-bond donors (Lipinski definition) is 3. The number of rotatable bonds is 32. The molecule has 0 aromatic carbocycles. The molecule has 0 saturated heterocycles. The Balaban J connectivity index is 3.66. The molecule has 0 aliphatic carbocycles. The van der Waals surface area contributed by atoms with Gasteiger partial charge in [0.2, 0.25) is 5.91 Å². The summed E-state index contributed by atoms with van der Waals surface area (Å²) >= 11 is 0. The van der Waals surface area contributed by atoms with E-state index in [2.05, 4.69) is 43.5 Å². The molecule has 1 amide bonds. The highest BCUT2D eigenvalue weighted by molar-refractivity contribution is 7.47. The quantitative estimate of drug-likeness (QED) is 0.0287. The second-order valence-corrected chi connectivity index (χ2v) is 12.9. The van der Waals surface area contributed by atoms with E-state index in [1.807, 2.05) is 0 Å². The number of esters is 1. The minimum atomic E-state index is -4.40. The van der Waals surface area contributed by atoms with E-state index in [4.69, 9.17) is 13.8 Å². The lowest BCUT2D eigenvalue weighted by Gasteiger charge is -2.15. The zero-order valence-corrected chi connectivity index (χ0v) is 28.7. The molecule has 0 bridgehead atoms. The molecule has 2 unspecified atom stereocenters. The SMILES string of the molecule is CCCCC/C=C\C/C=C\CCCCCCCC(=O)NCCOP(=O)(O)OCC(O)COC(=O)CCCCCCCCCC.